The summed E-state index contributed by atoms with van der Waals surface area (Å²) in [7, 11) is 3.58. The van der Waals surface area contributed by atoms with E-state index in [9.17, 15) is 15.0 Å². The van der Waals surface area contributed by atoms with Gasteiger partial charge in [0, 0.05) is 18.5 Å². The van der Waals surface area contributed by atoms with E-state index in [0.717, 1.165) is 0 Å². The summed E-state index contributed by atoms with van der Waals surface area (Å²) in [6.45, 7) is 2.96. The Morgan fingerprint density at radius 2 is 2.03 bits per heavy atom. The summed E-state index contributed by atoms with van der Waals surface area (Å²) in [5, 5.41) is 29.3. The highest BCUT2D eigenvalue weighted by Gasteiger charge is 2.44. The average Bonchev–Trinajstić information content (AvgIpc) is 2.69. The lowest BCUT2D eigenvalue weighted by atomic mass is 9.78. The van der Waals surface area contributed by atoms with Gasteiger partial charge in [0.15, 0.2) is 6.29 Å². The molecule has 0 spiro atoms. The maximum atomic E-state index is 12.2. The molecule has 9 N–H and O–H groups in total. The Labute approximate surface area is 172 Å². The molecule has 10 nitrogen and oxygen atoms in total. The van der Waals surface area contributed by atoms with Crippen LogP contribution in [-0.2, 0) is 14.3 Å². The van der Waals surface area contributed by atoms with Crippen molar-refractivity contribution in [2.45, 2.75) is 68.6 Å². The Morgan fingerprint density at radius 1 is 1.31 bits per heavy atom. The zero-order valence-corrected chi connectivity index (χ0v) is 17.5. The number of amides is 1. The monoisotopic (exact) mass is 415 g/mol. The SMILES string of the molecule is CNCC[C@@H](O)C(=O)N[C@@H]1C[C@H](N)[C@@H](O[C@H]2O[C@H](CNC)C=C[C@H]2N)[C@H](C)[C@H]1O. The minimum atomic E-state index is -1.14. The second kappa shape index (κ2) is 11.3. The molecular weight excluding hydrogens is 378 g/mol. The predicted molar refractivity (Wildman–Crippen MR) is 109 cm³/mol. The lowest BCUT2D eigenvalue weighted by Crippen LogP contribution is -2.62. The largest absolute Gasteiger partial charge is 0.391 e. The first-order valence-corrected chi connectivity index (χ1v) is 10.2. The van der Waals surface area contributed by atoms with Crippen LogP contribution in [-0.4, -0.2) is 92.1 Å². The van der Waals surface area contributed by atoms with Gasteiger partial charge in [0.1, 0.15) is 6.10 Å². The number of carbonyl (C=O) groups is 1. The van der Waals surface area contributed by atoms with E-state index in [1.54, 1.807) is 7.05 Å². The molecule has 0 radical (unpaired) electrons. The third-order valence-electron chi connectivity index (χ3n) is 5.58. The third kappa shape index (κ3) is 6.43. The van der Waals surface area contributed by atoms with Crippen LogP contribution in [0.4, 0.5) is 0 Å². The van der Waals surface area contributed by atoms with E-state index < -0.39 is 48.6 Å². The lowest BCUT2D eigenvalue weighted by Gasteiger charge is -2.44. The van der Waals surface area contributed by atoms with Crippen LogP contribution < -0.4 is 27.4 Å². The fourth-order valence-corrected chi connectivity index (χ4v) is 3.82. The van der Waals surface area contributed by atoms with Gasteiger partial charge in [0.05, 0.1) is 30.4 Å². The number of likely N-dealkylation sites (N-methyl/N-ethyl adjacent to an activating group) is 1. The van der Waals surface area contributed by atoms with Gasteiger partial charge in [-0.1, -0.05) is 19.1 Å². The smallest absolute Gasteiger partial charge is 0.249 e. The minimum Gasteiger partial charge on any atom is -0.391 e. The summed E-state index contributed by atoms with van der Waals surface area (Å²) in [6, 6.07) is -1.42. The van der Waals surface area contributed by atoms with E-state index in [2.05, 4.69) is 16.0 Å². The molecule has 0 unspecified atom stereocenters. The van der Waals surface area contributed by atoms with Gasteiger partial charge in [-0.2, -0.15) is 0 Å². The Kier molecular flexibility index (Phi) is 9.44. The molecule has 2 aliphatic rings. The number of ether oxygens (including phenoxy) is 2. The molecule has 0 aromatic heterocycles. The number of hydrogen-bond acceptors (Lipinski definition) is 9. The van der Waals surface area contributed by atoms with E-state index >= 15 is 0 Å². The summed E-state index contributed by atoms with van der Waals surface area (Å²) >= 11 is 0. The number of aliphatic hydroxyl groups is 2. The van der Waals surface area contributed by atoms with Crippen LogP contribution in [0.2, 0.25) is 0 Å². The van der Waals surface area contributed by atoms with Crippen LogP contribution >= 0.6 is 0 Å². The average molecular weight is 416 g/mol. The van der Waals surface area contributed by atoms with Gasteiger partial charge in [-0.15, -0.1) is 0 Å². The van der Waals surface area contributed by atoms with Gasteiger partial charge < -0.3 is 47.1 Å². The number of nitrogens with one attached hydrogen (secondary N) is 3. The van der Waals surface area contributed by atoms with Crippen LogP contribution in [0, 0.1) is 5.92 Å². The Bertz CT molecular complexity index is 551. The molecule has 1 heterocycles. The topological polar surface area (TPSA) is 164 Å². The van der Waals surface area contributed by atoms with Crippen molar-refractivity contribution in [2.75, 3.05) is 27.2 Å². The number of aliphatic hydroxyl groups excluding tert-OH is 2. The van der Waals surface area contributed by atoms with Gasteiger partial charge in [-0.3, -0.25) is 4.79 Å². The molecule has 1 amide bonds. The summed E-state index contributed by atoms with van der Waals surface area (Å²) in [5.41, 5.74) is 12.4. The van der Waals surface area contributed by atoms with Gasteiger partial charge in [-0.25, -0.2) is 0 Å². The van der Waals surface area contributed by atoms with E-state index in [0.29, 0.717) is 19.5 Å². The van der Waals surface area contributed by atoms with Crippen molar-refractivity contribution in [3.63, 3.8) is 0 Å². The second-order valence-electron chi connectivity index (χ2n) is 7.94. The van der Waals surface area contributed by atoms with E-state index in [1.807, 2.05) is 26.1 Å². The van der Waals surface area contributed by atoms with Gasteiger partial charge in [-0.05, 0) is 33.5 Å². The van der Waals surface area contributed by atoms with Crippen LogP contribution in [0.5, 0.6) is 0 Å². The fourth-order valence-electron chi connectivity index (χ4n) is 3.82. The standard InChI is InChI=1S/C19H37N5O5/c1-10-16(26)14(24-18(27)15(25)6-7-22-2)8-13(21)17(10)29-19-12(20)5-4-11(28-19)9-23-3/h4-5,10-17,19,22-23,25-26H,6-9,20-21H2,1-3H3,(H,24,27)/t10-,11+,12-,13+,14-,15-,16-,17+,19-/m1/s1. The van der Waals surface area contributed by atoms with Gasteiger partial charge in [0.2, 0.25) is 5.91 Å². The van der Waals surface area contributed by atoms with E-state index in [1.165, 1.54) is 0 Å². The van der Waals surface area contributed by atoms with Crippen LogP contribution in [0.1, 0.15) is 19.8 Å². The highest BCUT2D eigenvalue weighted by atomic mass is 16.7. The first-order chi connectivity index (χ1) is 13.8. The van der Waals surface area contributed by atoms with E-state index in [4.69, 9.17) is 20.9 Å². The molecule has 2 rings (SSSR count). The van der Waals surface area contributed by atoms with Crippen LogP contribution in [0.15, 0.2) is 12.2 Å². The Hall–Kier alpha value is -1.11. The van der Waals surface area contributed by atoms with Crippen molar-refractivity contribution in [3.8, 4) is 0 Å². The maximum absolute atomic E-state index is 12.2. The highest BCUT2D eigenvalue weighted by Crippen LogP contribution is 2.29. The fraction of sp³-hybridized carbons (Fsp3) is 0.842. The summed E-state index contributed by atoms with van der Waals surface area (Å²) < 4.78 is 12.0. The van der Waals surface area contributed by atoms with Gasteiger partial charge in [0.25, 0.3) is 0 Å². The lowest BCUT2D eigenvalue weighted by molar-refractivity contribution is -0.221. The summed E-state index contributed by atoms with van der Waals surface area (Å²) in [6.07, 6.45) is 1.03. The van der Waals surface area contributed by atoms with Crippen molar-refractivity contribution >= 4 is 5.91 Å². The van der Waals surface area contributed by atoms with Crippen molar-refractivity contribution < 1.29 is 24.5 Å². The van der Waals surface area contributed by atoms with Crippen LogP contribution in [0.25, 0.3) is 0 Å². The second-order valence-corrected chi connectivity index (χ2v) is 7.94. The third-order valence-corrected chi connectivity index (χ3v) is 5.58. The normalized spacial score (nSPS) is 38.6. The molecule has 1 fully saturated rings. The number of hydrogen-bond donors (Lipinski definition) is 7. The number of carbonyl (C=O) groups excluding carboxylic acids is 1. The molecule has 10 heteroatoms. The first-order valence-electron chi connectivity index (χ1n) is 10.2. The summed E-state index contributed by atoms with van der Waals surface area (Å²) in [5.74, 6) is -0.872. The number of rotatable bonds is 9. The minimum absolute atomic E-state index is 0.157. The van der Waals surface area contributed by atoms with Crippen molar-refractivity contribution in [1.29, 1.82) is 0 Å². The van der Waals surface area contributed by atoms with Crippen molar-refractivity contribution in [1.82, 2.24) is 16.0 Å². The Morgan fingerprint density at radius 3 is 2.69 bits per heavy atom. The molecule has 29 heavy (non-hydrogen) atoms. The van der Waals surface area contributed by atoms with E-state index in [-0.39, 0.29) is 18.4 Å². The zero-order chi connectivity index (χ0) is 21.6. The molecule has 1 saturated carbocycles. The molecule has 0 aromatic rings. The Balaban J connectivity index is 1.95. The quantitative estimate of drug-likeness (QED) is 0.200. The molecule has 168 valence electrons. The maximum Gasteiger partial charge on any atom is 0.249 e. The molecule has 0 aromatic carbocycles. The zero-order valence-electron chi connectivity index (χ0n) is 17.5. The summed E-state index contributed by atoms with van der Waals surface area (Å²) in [4.78, 5) is 12.2. The van der Waals surface area contributed by atoms with Crippen molar-refractivity contribution in [3.05, 3.63) is 12.2 Å². The molecule has 1 aliphatic carbocycles. The molecule has 9 atom stereocenters. The predicted octanol–water partition coefficient (Wildman–Crippen LogP) is -2.62. The molecule has 0 bridgehead atoms. The van der Waals surface area contributed by atoms with Gasteiger partial charge >= 0.3 is 0 Å². The van der Waals surface area contributed by atoms with Crippen LogP contribution in [0.3, 0.4) is 0 Å². The first kappa shape index (κ1) is 24.2. The molecule has 0 saturated heterocycles. The highest BCUT2D eigenvalue weighted by molar-refractivity contribution is 5.80. The molecule has 1 aliphatic heterocycles. The molecular formula is C19H37N5O5. The number of nitrogens with two attached hydrogens (primary N) is 2. The van der Waals surface area contributed by atoms with Crippen molar-refractivity contribution in [2.24, 2.45) is 17.4 Å².